The van der Waals surface area contributed by atoms with Gasteiger partial charge in [-0.2, -0.15) is 5.10 Å². The lowest BCUT2D eigenvalue weighted by Gasteiger charge is -2.26. The molecule has 0 saturated carbocycles. The van der Waals surface area contributed by atoms with Crippen LogP contribution in [0.4, 0.5) is 0 Å². The average Bonchev–Trinajstić information content (AvgIpc) is 3.41. The van der Waals surface area contributed by atoms with Gasteiger partial charge in [-0.15, -0.1) is 0 Å². The number of nitrogens with one attached hydrogen (secondary N) is 1. The van der Waals surface area contributed by atoms with Crippen molar-refractivity contribution in [1.29, 1.82) is 0 Å². The number of hydrogen-bond acceptors (Lipinski definition) is 6. The SMILES string of the molecule is Cc1ccc2c(CC(=O)N/N=C3\CCCc4oc(C(=O)N5CCOCC5)c(C)c43)coc2c1C. The van der Waals surface area contributed by atoms with E-state index < -0.39 is 0 Å². The molecule has 34 heavy (non-hydrogen) atoms. The zero-order valence-corrected chi connectivity index (χ0v) is 19.8. The van der Waals surface area contributed by atoms with Crippen molar-refractivity contribution < 1.29 is 23.2 Å². The highest BCUT2D eigenvalue weighted by molar-refractivity contribution is 6.06. The minimum atomic E-state index is -0.216. The molecule has 0 spiro atoms. The zero-order chi connectivity index (χ0) is 23.8. The van der Waals surface area contributed by atoms with Crippen LogP contribution in [0.25, 0.3) is 11.0 Å². The minimum absolute atomic E-state index is 0.115. The fourth-order valence-corrected chi connectivity index (χ4v) is 4.76. The molecule has 3 aromatic rings. The number of aryl methyl sites for hydroxylation is 3. The van der Waals surface area contributed by atoms with Gasteiger partial charge in [0.1, 0.15) is 11.3 Å². The molecule has 8 nitrogen and oxygen atoms in total. The first kappa shape index (κ1) is 22.4. The summed E-state index contributed by atoms with van der Waals surface area (Å²) in [5.41, 5.74) is 8.97. The van der Waals surface area contributed by atoms with E-state index in [1.165, 1.54) is 0 Å². The molecule has 1 saturated heterocycles. The average molecular weight is 464 g/mol. The van der Waals surface area contributed by atoms with Crippen LogP contribution in [0.1, 0.15) is 57.0 Å². The van der Waals surface area contributed by atoms with Crippen LogP contribution in [-0.4, -0.2) is 48.7 Å². The fraction of sp³-hybridized carbons (Fsp3) is 0.423. The van der Waals surface area contributed by atoms with Gasteiger partial charge in [0.15, 0.2) is 5.76 Å². The Kier molecular flexibility index (Phi) is 6.00. The third kappa shape index (κ3) is 4.03. The molecule has 3 heterocycles. The second-order valence-electron chi connectivity index (χ2n) is 9.03. The smallest absolute Gasteiger partial charge is 0.290 e. The minimum Gasteiger partial charge on any atom is -0.464 e. The number of fused-ring (bicyclic) bond motifs is 2. The van der Waals surface area contributed by atoms with E-state index in [2.05, 4.69) is 10.5 Å². The first-order valence-corrected chi connectivity index (χ1v) is 11.8. The van der Waals surface area contributed by atoms with Crippen molar-refractivity contribution in [3.8, 4) is 0 Å². The maximum atomic E-state index is 13.0. The lowest BCUT2D eigenvalue weighted by molar-refractivity contribution is -0.120. The molecule has 0 bridgehead atoms. The van der Waals surface area contributed by atoms with Crippen molar-refractivity contribution >= 4 is 28.5 Å². The molecule has 1 aromatic carbocycles. The van der Waals surface area contributed by atoms with Crippen LogP contribution in [0.3, 0.4) is 0 Å². The molecule has 0 atom stereocenters. The number of rotatable bonds is 4. The molecule has 2 aromatic heterocycles. The first-order chi connectivity index (χ1) is 16.4. The van der Waals surface area contributed by atoms with Crippen LogP contribution in [0.15, 0.2) is 32.3 Å². The number of hydrazone groups is 1. The van der Waals surface area contributed by atoms with Gasteiger partial charge in [-0.25, -0.2) is 5.43 Å². The van der Waals surface area contributed by atoms with Crippen molar-refractivity contribution in [2.45, 2.75) is 46.5 Å². The van der Waals surface area contributed by atoms with Crippen molar-refractivity contribution in [2.24, 2.45) is 5.10 Å². The van der Waals surface area contributed by atoms with Gasteiger partial charge in [0.05, 0.1) is 31.6 Å². The second kappa shape index (κ2) is 9.10. The summed E-state index contributed by atoms with van der Waals surface area (Å²) in [6, 6.07) is 4.03. The van der Waals surface area contributed by atoms with E-state index in [0.29, 0.717) is 38.5 Å². The monoisotopic (exact) mass is 463 g/mol. The molecule has 8 heteroatoms. The second-order valence-corrected chi connectivity index (χ2v) is 9.03. The highest BCUT2D eigenvalue weighted by atomic mass is 16.5. The van der Waals surface area contributed by atoms with Crippen LogP contribution < -0.4 is 5.43 Å². The highest BCUT2D eigenvalue weighted by Gasteiger charge is 2.30. The quantitative estimate of drug-likeness (QED) is 0.593. The van der Waals surface area contributed by atoms with Crippen molar-refractivity contribution in [3.63, 3.8) is 0 Å². The summed E-state index contributed by atoms with van der Waals surface area (Å²) < 4.78 is 17.1. The van der Waals surface area contributed by atoms with E-state index in [1.54, 1.807) is 11.2 Å². The molecule has 1 aliphatic heterocycles. The molecular formula is C26H29N3O5. The van der Waals surface area contributed by atoms with Gasteiger partial charge in [0.2, 0.25) is 5.91 Å². The zero-order valence-electron chi connectivity index (χ0n) is 19.8. The molecule has 1 N–H and O–H groups in total. The maximum absolute atomic E-state index is 13.0. The van der Waals surface area contributed by atoms with E-state index in [9.17, 15) is 9.59 Å². The standard InChI is InChI=1S/C26H29N3O5/c1-15-7-8-19-18(14-33-24(19)16(15)2)13-22(30)28-27-20-5-4-6-21-23(20)17(3)25(34-21)26(31)29-9-11-32-12-10-29/h7-8,14H,4-6,9-13H2,1-3H3,(H,28,30)/b27-20+. The van der Waals surface area contributed by atoms with Gasteiger partial charge >= 0.3 is 0 Å². The molecule has 2 aliphatic rings. The molecular weight excluding hydrogens is 434 g/mol. The topological polar surface area (TPSA) is 97.3 Å². The van der Waals surface area contributed by atoms with Gasteiger partial charge in [-0.05, 0) is 44.7 Å². The Bertz CT molecular complexity index is 1290. The normalized spacial score (nSPS) is 17.3. The maximum Gasteiger partial charge on any atom is 0.290 e. The Labute approximate surface area is 197 Å². The predicted molar refractivity (Wildman–Crippen MR) is 127 cm³/mol. The summed E-state index contributed by atoms with van der Waals surface area (Å²) >= 11 is 0. The van der Waals surface area contributed by atoms with Gasteiger partial charge in [0, 0.05) is 41.6 Å². The highest BCUT2D eigenvalue weighted by Crippen LogP contribution is 2.31. The van der Waals surface area contributed by atoms with Gasteiger partial charge < -0.3 is 18.5 Å². The Hall–Kier alpha value is -3.39. The molecule has 2 amide bonds. The predicted octanol–water partition coefficient (Wildman–Crippen LogP) is 3.82. The van der Waals surface area contributed by atoms with E-state index >= 15 is 0 Å². The number of ether oxygens (including phenoxy) is 1. The third-order valence-electron chi connectivity index (χ3n) is 6.83. The summed E-state index contributed by atoms with van der Waals surface area (Å²) in [5, 5.41) is 5.39. The Morgan fingerprint density at radius 3 is 2.68 bits per heavy atom. The van der Waals surface area contributed by atoms with Crippen LogP contribution in [-0.2, 0) is 22.4 Å². The van der Waals surface area contributed by atoms with E-state index in [4.69, 9.17) is 13.6 Å². The van der Waals surface area contributed by atoms with Crippen molar-refractivity contribution in [2.75, 3.05) is 26.3 Å². The summed E-state index contributed by atoms with van der Waals surface area (Å²) in [6.45, 7) is 8.13. The number of amides is 2. The van der Waals surface area contributed by atoms with Crippen LogP contribution in [0.2, 0.25) is 0 Å². The summed E-state index contributed by atoms with van der Waals surface area (Å²) in [6.07, 6.45) is 4.13. The molecule has 1 fully saturated rings. The van der Waals surface area contributed by atoms with Crippen molar-refractivity contribution in [1.82, 2.24) is 10.3 Å². The van der Waals surface area contributed by atoms with Gasteiger partial charge in [-0.3, -0.25) is 9.59 Å². The van der Waals surface area contributed by atoms with Gasteiger partial charge in [-0.1, -0.05) is 12.1 Å². The van der Waals surface area contributed by atoms with E-state index in [0.717, 1.165) is 63.1 Å². The summed E-state index contributed by atoms with van der Waals surface area (Å²) in [4.78, 5) is 27.5. The lowest BCUT2D eigenvalue weighted by atomic mass is 9.93. The number of benzene rings is 1. The molecule has 0 radical (unpaired) electrons. The van der Waals surface area contributed by atoms with Crippen LogP contribution in [0, 0.1) is 20.8 Å². The molecule has 0 unspecified atom stereocenters. The number of carbonyl (C=O) groups is 2. The third-order valence-corrected chi connectivity index (χ3v) is 6.83. The number of nitrogens with zero attached hydrogens (tertiary/aromatic N) is 2. The Balaban J connectivity index is 1.34. The number of hydrogen-bond donors (Lipinski definition) is 1. The Morgan fingerprint density at radius 2 is 1.88 bits per heavy atom. The fourth-order valence-electron chi connectivity index (χ4n) is 4.76. The molecule has 5 rings (SSSR count). The van der Waals surface area contributed by atoms with Gasteiger partial charge in [0.25, 0.3) is 5.91 Å². The van der Waals surface area contributed by atoms with Crippen molar-refractivity contribution in [3.05, 3.63) is 57.7 Å². The number of furan rings is 2. The van der Waals surface area contributed by atoms with Crippen LogP contribution in [0.5, 0.6) is 0 Å². The number of carbonyl (C=O) groups excluding carboxylic acids is 2. The molecule has 178 valence electrons. The summed E-state index contributed by atoms with van der Waals surface area (Å²) in [5.74, 6) is 0.797. The lowest BCUT2D eigenvalue weighted by Crippen LogP contribution is -2.40. The first-order valence-electron chi connectivity index (χ1n) is 11.8. The summed E-state index contributed by atoms with van der Waals surface area (Å²) in [7, 11) is 0. The van der Waals surface area contributed by atoms with E-state index in [1.807, 2.05) is 32.9 Å². The number of morpholine rings is 1. The molecule has 1 aliphatic carbocycles. The van der Waals surface area contributed by atoms with Crippen LogP contribution >= 0.6 is 0 Å². The van der Waals surface area contributed by atoms with E-state index in [-0.39, 0.29) is 18.2 Å². The largest absolute Gasteiger partial charge is 0.464 e. The Morgan fingerprint density at radius 1 is 1.09 bits per heavy atom.